The maximum absolute atomic E-state index is 12.4. The largest absolute Gasteiger partial charge is 0.349 e. The molecule has 1 amide bonds. The summed E-state index contributed by atoms with van der Waals surface area (Å²) in [4.78, 5) is 14.8. The molecule has 0 aliphatic carbocycles. The van der Waals surface area contributed by atoms with Gasteiger partial charge in [-0.15, -0.1) is 0 Å². The SMILES string of the molecule is CCN1CCCC(NC(=O)/C=C(\C)CC/C=C(\C)CC/C=C(\C)CC/C=C(\C)CCC=C(C)C)C1. The molecule has 0 radical (unpaired) electrons. The molecule has 1 rings (SSSR count). The molecule has 1 aliphatic rings. The molecule has 1 atom stereocenters. The number of allylic oxidation sites excluding steroid dienone is 9. The van der Waals surface area contributed by atoms with E-state index in [1.807, 2.05) is 0 Å². The minimum atomic E-state index is 0.0738. The van der Waals surface area contributed by atoms with Crippen LogP contribution in [0.25, 0.3) is 0 Å². The molecule has 0 aromatic carbocycles. The minimum absolute atomic E-state index is 0.0738. The summed E-state index contributed by atoms with van der Waals surface area (Å²) in [5.41, 5.74) is 7.02. The van der Waals surface area contributed by atoms with Gasteiger partial charge in [0.25, 0.3) is 0 Å². The summed E-state index contributed by atoms with van der Waals surface area (Å²) < 4.78 is 0. The topological polar surface area (TPSA) is 32.3 Å². The molecule has 0 saturated carbocycles. The number of likely N-dealkylation sites (tertiary alicyclic amines) is 1. The summed E-state index contributed by atoms with van der Waals surface area (Å²) in [5, 5.41) is 3.20. The van der Waals surface area contributed by atoms with Gasteiger partial charge in [-0.25, -0.2) is 0 Å². The zero-order valence-electron chi connectivity index (χ0n) is 24.0. The van der Waals surface area contributed by atoms with Crippen LogP contribution in [0.15, 0.2) is 58.2 Å². The molecule has 0 aromatic rings. The Balaban J connectivity index is 2.26. The Morgan fingerprint density at radius 2 is 1.26 bits per heavy atom. The van der Waals surface area contributed by atoms with Gasteiger partial charge in [-0.05, 0) is 119 Å². The van der Waals surface area contributed by atoms with Gasteiger partial charge in [-0.1, -0.05) is 59.1 Å². The Kier molecular flexibility index (Phi) is 16.4. The highest BCUT2D eigenvalue weighted by atomic mass is 16.1. The van der Waals surface area contributed by atoms with Crippen LogP contribution in [0.4, 0.5) is 0 Å². The Bertz CT molecular complexity index is 777. The third-order valence-electron chi connectivity index (χ3n) is 6.86. The van der Waals surface area contributed by atoms with Gasteiger partial charge in [0.1, 0.15) is 0 Å². The van der Waals surface area contributed by atoms with Gasteiger partial charge in [0.05, 0.1) is 0 Å². The van der Waals surface area contributed by atoms with Crippen molar-refractivity contribution in [2.45, 2.75) is 119 Å². The quantitative estimate of drug-likeness (QED) is 0.187. The first kappa shape index (κ1) is 31.2. The van der Waals surface area contributed by atoms with E-state index in [1.54, 1.807) is 6.08 Å². The highest BCUT2D eigenvalue weighted by molar-refractivity contribution is 5.88. The molecule has 3 nitrogen and oxygen atoms in total. The van der Waals surface area contributed by atoms with E-state index in [1.165, 1.54) is 35.1 Å². The number of amides is 1. The Morgan fingerprint density at radius 3 is 1.74 bits per heavy atom. The van der Waals surface area contributed by atoms with Crippen molar-refractivity contribution in [3.8, 4) is 0 Å². The van der Waals surface area contributed by atoms with Crippen molar-refractivity contribution in [3.63, 3.8) is 0 Å². The maximum Gasteiger partial charge on any atom is 0.244 e. The monoisotopic (exact) mass is 482 g/mol. The maximum atomic E-state index is 12.4. The number of carbonyl (C=O) groups excluding carboxylic acids is 1. The van der Waals surface area contributed by atoms with Crippen molar-refractivity contribution in [2.24, 2.45) is 0 Å². The molecule has 3 heteroatoms. The van der Waals surface area contributed by atoms with Gasteiger partial charge in [0.15, 0.2) is 0 Å². The Labute approximate surface area is 217 Å². The molecule has 1 aliphatic heterocycles. The van der Waals surface area contributed by atoms with Crippen molar-refractivity contribution < 1.29 is 4.79 Å². The van der Waals surface area contributed by atoms with Gasteiger partial charge in [0.2, 0.25) is 5.91 Å². The van der Waals surface area contributed by atoms with E-state index in [0.717, 1.165) is 76.6 Å². The van der Waals surface area contributed by atoms with Crippen LogP contribution in [0, 0.1) is 0 Å². The Hall–Kier alpha value is -1.87. The van der Waals surface area contributed by atoms with Crippen molar-refractivity contribution in [3.05, 3.63) is 58.2 Å². The lowest BCUT2D eigenvalue weighted by Gasteiger charge is -2.32. The Morgan fingerprint density at radius 1 is 0.771 bits per heavy atom. The minimum Gasteiger partial charge on any atom is -0.349 e. The average Bonchev–Trinajstić information content (AvgIpc) is 2.78. The van der Waals surface area contributed by atoms with E-state index in [2.05, 4.69) is 83.0 Å². The third-order valence-corrected chi connectivity index (χ3v) is 6.86. The molecular formula is C32H54N2O. The fourth-order valence-electron chi connectivity index (χ4n) is 4.53. The predicted molar refractivity (Wildman–Crippen MR) is 155 cm³/mol. The number of likely N-dealkylation sites (N-methyl/N-ethyl adjacent to an activating group) is 1. The molecule has 35 heavy (non-hydrogen) atoms. The standard InChI is InChI=1S/C32H54N2O/c1-8-34-23-13-22-31(25-34)33-32(35)24-30(7)21-12-20-29(6)19-11-18-28(5)17-10-16-27(4)15-9-14-26(2)3/h14,16,18,20,24,31H,8-13,15,17,19,21-23,25H2,1-7H3,(H,33,35)/b27-16+,28-18+,29-20+,30-24+. The van der Waals surface area contributed by atoms with Gasteiger partial charge in [0, 0.05) is 18.7 Å². The summed E-state index contributed by atoms with van der Waals surface area (Å²) in [6.45, 7) is 18.6. The average molecular weight is 483 g/mol. The van der Waals surface area contributed by atoms with Crippen LogP contribution < -0.4 is 5.32 Å². The van der Waals surface area contributed by atoms with E-state index < -0.39 is 0 Å². The number of nitrogens with zero attached hydrogens (tertiary/aromatic N) is 1. The molecule has 198 valence electrons. The summed E-state index contributed by atoms with van der Waals surface area (Å²) >= 11 is 0. The first-order chi connectivity index (χ1) is 16.7. The summed E-state index contributed by atoms with van der Waals surface area (Å²) in [6, 6.07) is 0.298. The van der Waals surface area contributed by atoms with Crippen LogP contribution in [-0.4, -0.2) is 36.5 Å². The summed E-state index contributed by atoms with van der Waals surface area (Å²) in [6.07, 6.45) is 22.4. The highest BCUT2D eigenvalue weighted by Crippen LogP contribution is 2.15. The van der Waals surface area contributed by atoms with Crippen LogP contribution in [-0.2, 0) is 4.79 Å². The fourth-order valence-corrected chi connectivity index (χ4v) is 4.53. The van der Waals surface area contributed by atoms with Crippen LogP contribution in [0.2, 0.25) is 0 Å². The lowest BCUT2D eigenvalue weighted by Crippen LogP contribution is -2.47. The van der Waals surface area contributed by atoms with Gasteiger partial charge < -0.3 is 10.2 Å². The van der Waals surface area contributed by atoms with E-state index in [4.69, 9.17) is 0 Å². The molecule has 1 heterocycles. The van der Waals surface area contributed by atoms with Crippen LogP contribution >= 0.6 is 0 Å². The first-order valence-corrected chi connectivity index (χ1v) is 14.0. The van der Waals surface area contributed by atoms with Crippen molar-refractivity contribution >= 4 is 5.91 Å². The van der Waals surface area contributed by atoms with Gasteiger partial charge in [-0.2, -0.15) is 0 Å². The highest BCUT2D eigenvalue weighted by Gasteiger charge is 2.19. The number of carbonyl (C=O) groups is 1. The summed E-state index contributed by atoms with van der Waals surface area (Å²) in [7, 11) is 0. The molecular weight excluding hydrogens is 428 g/mol. The number of hydrogen-bond acceptors (Lipinski definition) is 2. The molecule has 1 unspecified atom stereocenters. The molecule has 1 saturated heterocycles. The molecule has 0 bridgehead atoms. The predicted octanol–water partition coefficient (Wildman–Crippen LogP) is 8.46. The smallest absolute Gasteiger partial charge is 0.244 e. The molecule has 1 fully saturated rings. The van der Waals surface area contributed by atoms with E-state index in [9.17, 15) is 4.79 Å². The zero-order chi connectivity index (χ0) is 26.1. The normalized spacial score (nSPS) is 18.5. The number of hydrogen-bond donors (Lipinski definition) is 1. The van der Waals surface area contributed by atoms with Gasteiger partial charge in [-0.3, -0.25) is 4.79 Å². The van der Waals surface area contributed by atoms with Crippen molar-refractivity contribution in [2.75, 3.05) is 19.6 Å². The van der Waals surface area contributed by atoms with Gasteiger partial charge >= 0.3 is 0 Å². The van der Waals surface area contributed by atoms with E-state index in [-0.39, 0.29) is 5.91 Å². The number of piperidine rings is 1. The fraction of sp³-hybridized carbons (Fsp3) is 0.656. The molecule has 1 N–H and O–H groups in total. The van der Waals surface area contributed by atoms with E-state index in [0.29, 0.717) is 6.04 Å². The lowest BCUT2D eigenvalue weighted by molar-refractivity contribution is -0.117. The van der Waals surface area contributed by atoms with Crippen molar-refractivity contribution in [1.82, 2.24) is 10.2 Å². The third kappa shape index (κ3) is 16.4. The number of nitrogens with one attached hydrogen (secondary N) is 1. The second-order valence-corrected chi connectivity index (χ2v) is 10.8. The molecule has 0 aromatic heterocycles. The van der Waals surface area contributed by atoms with Crippen LogP contribution in [0.3, 0.4) is 0 Å². The van der Waals surface area contributed by atoms with Crippen molar-refractivity contribution in [1.29, 1.82) is 0 Å². The second kappa shape index (κ2) is 18.4. The zero-order valence-corrected chi connectivity index (χ0v) is 24.0. The first-order valence-electron chi connectivity index (χ1n) is 14.0. The van der Waals surface area contributed by atoms with Crippen LogP contribution in [0.5, 0.6) is 0 Å². The van der Waals surface area contributed by atoms with Crippen LogP contribution in [0.1, 0.15) is 113 Å². The second-order valence-electron chi connectivity index (χ2n) is 10.8. The molecule has 0 spiro atoms. The lowest BCUT2D eigenvalue weighted by atomic mass is 10.0. The summed E-state index contributed by atoms with van der Waals surface area (Å²) in [5.74, 6) is 0.0738. The number of rotatable bonds is 15. The van der Waals surface area contributed by atoms with E-state index >= 15 is 0 Å².